The van der Waals surface area contributed by atoms with Gasteiger partial charge >= 0.3 is 0 Å². The minimum atomic E-state index is -0.0898. The summed E-state index contributed by atoms with van der Waals surface area (Å²) >= 11 is 1.64. The molecule has 0 spiro atoms. The highest BCUT2D eigenvalue weighted by Crippen LogP contribution is 2.26. The van der Waals surface area contributed by atoms with Crippen molar-refractivity contribution in [2.75, 3.05) is 11.1 Å². The zero-order chi connectivity index (χ0) is 19.2. The van der Waals surface area contributed by atoms with Crippen LogP contribution >= 0.6 is 11.8 Å². The van der Waals surface area contributed by atoms with Crippen molar-refractivity contribution in [1.29, 1.82) is 0 Å². The molecule has 0 radical (unpaired) electrons. The molecule has 1 amide bonds. The van der Waals surface area contributed by atoms with Crippen molar-refractivity contribution in [2.24, 2.45) is 0 Å². The SMILES string of the molecule is CC(=O)c1ccccc1NC(=O)CCCSc1nc(C)nc2ccccc12. The van der Waals surface area contributed by atoms with E-state index in [9.17, 15) is 9.59 Å². The van der Waals surface area contributed by atoms with E-state index in [2.05, 4.69) is 15.3 Å². The van der Waals surface area contributed by atoms with E-state index in [0.717, 1.165) is 33.9 Å². The lowest BCUT2D eigenvalue weighted by atomic mass is 10.1. The van der Waals surface area contributed by atoms with Crippen LogP contribution in [-0.2, 0) is 4.79 Å². The Hall–Kier alpha value is -2.73. The summed E-state index contributed by atoms with van der Waals surface area (Å²) in [4.78, 5) is 32.8. The van der Waals surface area contributed by atoms with Crippen LogP contribution < -0.4 is 5.32 Å². The maximum Gasteiger partial charge on any atom is 0.224 e. The number of anilines is 1. The van der Waals surface area contributed by atoms with Crippen molar-refractivity contribution in [3.63, 3.8) is 0 Å². The predicted octanol–water partition coefficient (Wildman–Crippen LogP) is 4.65. The molecule has 0 aliphatic rings. The minimum absolute atomic E-state index is 0.0625. The summed E-state index contributed by atoms with van der Waals surface area (Å²) in [6, 6.07) is 15.0. The summed E-state index contributed by atoms with van der Waals surface area (Å²) in [5.74, 6) is 1.37. The van der Waals surface area contributed by atoms with Gasteiger partial charge in [-0.1, -0.05) is 30.3 Å². The van der Waals surface area contributed by atoms with Crippen LogP contribution in [0.1, 0.15) is 35.9 Å². The van der Waals surface area contributed by atoms with Crippen molar-refractivity contribution in [3.8, 4) is 0 Å². The molecule has 27 heavy (non-hydrogen) atoms. The Morgan fingerprint density at radius 1 is 1.04 bits per heavy atom. The third-order valence-electron chi connectivity index (χ3n) is 4.05. The normalized spacial score (nSPS) is 10.7. The second kappa shape index (κ2) is 8.77. The molecule has 5 nitrogen and oxygen atoms in total. The molecule has 0 fully saturated rings. The second-order valence-corrected chi connectivity index (χ2v) is 7.28. The number of carbonyl (C=O) groups is 2. The molecule has 3 aromatic rings. The predicted molar refractivity (Wildman–Crippen MR) is 109 cm³/mol. The average Bonchev–Trinajstić information content (AvgIpc) is 2.65. The Morgan fingerprint density at radius 2 is 1.78 bits per heavy atom. The largest absolute Gasteiger partial charge is 0.325 e. The number of rotatable bonds is 7. The van der Waals surface area contributed by atoms with Crippen LogP contribution in [0, 0.1) is 6.92 Å². The Bertz CT molecular complexity index is 988. The lowest BCUT2D eigenvalue weighted by Crippen LogP contribution is -2.14. The average molecular weight is 379 g/mol. The Balaban J connectivity index is 1.55. The van der Waals surface area contributed by atoms with Gasteiger partial charge in [-0.25, -0.2) is 9.97 Å². The monoisotopic (exact) mass is 379 g/mol. The van der Waals surface area contributed by atoms with Gasteiger partial charge in [0.25, 0.3) is 0 Å². The first-order chi connectivity index (χ1) is 13.0. The number of fused-ring (bicyclic) bond motifs is 1. The number of aromatic nitrogens is 2. The summed E-state index contributed by atoms with van der Waals surface area (Å²) < 4.78 is 0. The van der Waals surface area contributed by atoms with E-state index in [-0.39, 0.29) is 11.7 Å². The van der Waals surface area contributed by atoms with Gasteiger partial charge in [0.05, 0.1) is 11.2 Å². The van der Waals surface area contributed by atoms with Crippen molar-refractivity contribution in [3.05, 3.63) is 59.9 Å². The molecule has 0 bridgehead atoms. The van der Waals surface area contributed by atoms with Gasteiger partial charge in [-0.3, -0.25) is 9.59 Å². The number of hydrogen-bond donors (Lipinski definition) is 1. The van der Waals surface area contributed by atoms with Gasteiger partial charge in [0.2, 0.25) is 5.91 Å². The number of thioether (sulfide) groups is 1. The molecule has 0 aliphatic carbocycles. The molecule has 1 N–H and O–H groups in total. The lowest BCUT2D eigenvalue weighted by Gasteiger charge is -2.09. The topological polar surface area (TPSA) is 72.0 Å². The summed E-state index contributed by atoms with van der Waals surface area (Å²) in [6.45, 7) is 3.38. The third-order valence-corrected chi connectivity index (χ3v) is 5.12. The number of nitrogens with zero attached hydrogens (tertiary/aromatic N) is 2. The molecule has 0 atom stereocenters. The first-order valence-corrected chi connectivity index (χ1v) is 9.79. The number of hydrogen-bond acceptors (Lipinski definition) is 5. The number of amides is 1. The molecule has 1 heterocycles. The molecule has 3 rings (SSSR count). The third kappa shape index (κ3) is 4.92. The van der Waals surface area contributed by atoms with Crippen LogP contribution in [0.25, 0.3) is 10.9 Å². The summed E-state index contributed by atoms with van der Waals surface area (Å²) in [7, 11) is 0. The maximum absolute atomic E-state index is 12.2. The quantitative estimate of drug-likeness (QED) is 0.280. The van der Waals surface area contributed by atoms with Crippen LogP contribution in [0.4, 0.5) is 5.69 Å². The van der Waals surface area contributed by atoms with Crippen molar-refractivity contribution < 1.29 is 9.59 Å². The second-order valence-electron chi connectivity index (χ2n) is 6.20. The van der Waals surface area contributed by atoms with Crippen LogP contribution in [0.5, 0.6) is 0 Å². The van der Waals surface area contributed by atoms with Gasteiger partial charge in [-0.2, -0.15) is 0 Å². The molecule has 2 aromatic carbocycles. The van der Waals surface area contributed by atoms with Gasteiger partial charge in [-0.05, 0) is 38.5 Å². The van der Waals surface area contributed by atoms with Gasteiger partial charge in [0, 0.05) is 23.1 Å². The summed E-state index contributed by atoms with van der Waals surface area (Å²) in [6.07, 6.45) is 1.11. The highest BCUT2D eigenvalue weighted by molar-refractivity contribution is 7.99. The molecule has 0 saturated heterocycles. The summed E-state index contributed by atoms with van der Waals surface area (Å²) in [5, 5.41) is 4.81. The first-order valence-electron chi connectivity index (χ1n) is 8.80. The fourth-order valence-electron chi connectivity index (χ4n) is 2.78. The fourth-order valence-corrected chi connectivity index (χ4v) is 3.79. The lowest BCUT2D eigenvalue weighted by molar-refractivity contribution is -0.116. The maximum atomic E-state index is 12.2. The number of Topliss-reactive ketones (excluding diaryl/α,β-unsaturated/α-hetero) is 1. The number of benzene rings is 2. The summed E-state index contributed by atoms with van der Waals surface area (Å²) in [5.41, 5.74) is 2.04. The number of nitrogens with one attached hydrogen (secondary N) is 1. The van der Waals surface area contributed by atoms with Crippen LogP contribution in [-0.4, -0.2) is 27.4 Å². The molecule has 0 aliphatic heterocycles. The number of aryl methyl sites for hydroxylation is 1. The minimum Gasteiger partial charge on any atom is -0.325 e. The molecular weight excluding hydrogens is 358 g/mol. The van der Waals surface area contributed by atoms with E-state index in [1.807, 2.05) is 31.2 Å². The van der Waals surface area contributed by atoms with E-state index in [4.69, 9.17) is 0 Å². The molecule has 0 unspecified atom stereocenters. The standard InChI is InChI=1S/C21H21N3O2S/c1-14(25)16-8-3-5-10-18(16)24-20(26)12-7-13-27-21-17-9-4-6-11-19(17)22-15(2)23-21/h3-6,8-11H,7,12-13H2,1-2H3,(H,24,26). The van der Waals surface area contributed by atoms with Gasteiger partial charge in [0.1, 0.15) is 10.9 Å². The molecule has 1 aromatic heterocycles. The van der Waals surface area contributed by atoms with Crippen LogP contribution in [0.2, 0.25) is 0 Å². The van der Waals surface area contributed by atoms with Gasteiger partial charge in [-0.15, -0.1) is 11.8 Å². The number of carbonyl (C=O) groups excluding carboxylic acids is 2. The van der Waals surface area contributed by atoms with E-state index in [1.54, 1.807) is 36.0 Å². The van der Waals surface area contributed by atoms with Crippen LogP contribution in [0.3, 0.4) is 0 Å². The van der Waals surface area contributed by atoms with Gasteiger partial charge in [0.15, 0.2) is 5.78 Å². The van der Waals surface area contributed by atoms with E-state index in [0.29, 0.717) is 17.7 Å². The van der Waals surface area contributed by atoms with Crippen molar-refractivity contribution in [1.82, 2.24) is 9.97 Å². The van der Waals surface area contributed by atoms with E-state index in [1.165, 1.54) is 6.92 Å². The number of para-hydroxylation sites is 2. The molecule has 0 saturated carbocycles. The molecular formula is C21H21N3O2S. The highest BCUT2D eigenvalue weighted by Gasteiger charge is 2.10. The molecule has 6 heteroatoms. The Kier molecular flexibility index (Phi) is 6.19. The van der Waals surface area contributed by atoms with Gasteiger partial charge < -0.3 is 5.32 Å². The zero-order valence-electron chi connectivity index (χ0n) is 15.4. The first kappa shape index (κ1) is 19.0. The van der Waals surface area contributed by atoms with Crippen LogP contribution in [0.15, 0.2) is 53.6 Å². The fraction of sp³-hybridized carbons (Fsp3) is 0.238. The molecule has 138 valence electrons. The Labute approximate surface area is 162 Å². The zero-order valence-corrected chi connectivity index (χ0v) is 16.2. The highest BCUT2D eigenvalue weighted by atomic mass is 32.2. The van der Waals surface area contributed by atoms with Crippen molar-refractivity contribution in [2.45, 2.75) is 31.7 Å². The van der Waals surface area contributed by atoms with E-state index < -0.39 is 0 Å². The Morgan fingerprint density at radius 3 is 2.59 bits per heavy atom. The van der Waals surface area contributed by atoms with E-state index >= 15 is 0 Å². The number of ketones is 1. The smallest absolute Gasteiger partial charge is 0.224 e. The van der Waals surface area contributed by atoms with Crippen molar-refractivity contribution >= 4 is 40.0 Å².